The van der Waals surface area contributed by atoms with Crippen molar-refractivity contribution in [2.45, 2.75) is 31.6 Å². The zero-order chi connectivity index (χ0) is 13.9. The number of nitrogens with zero attached hydrogens (tertiary/aromatic N) is 2. The van der Waals surface area contributed by atoms with E-state index < -0.39 is 0 Å². The molecular formula is C14H18N2O4. The van der Waals surface area contributed by atoms with E-state index in [2.05, 4.69) is 0 Å². The Morgan fingerprint density at radius 3 is 2.85 bits per heavy atom. The van der Waals surface area contributed by atoms with Crippen molar-refractivity contribution in [3.05, 3.63) is 35.3 Å². The summed E-state index contributed by atoms with van der Waals surface area (Å²) in [6, 6.07) is 4.76. The van der Waals surface area contributed by atoms with Crippen LogP contribution in [0.5, 0.6) is 0 Å². The molecular weight excluding hydrogens is 260 g/mol. The lowest BCUT2D eigenvalue weighted by Gasteiger charge is -2.37. The van der Waals surface area contributed by atoms with Gasteiger partial charge in [0.05, 0.1) is 19.3 Å². The molecule has 2 saturated heterocycles. The molecule has 1 aromatic heterocycles. The van der Waals surface area contributed by atoms with Crippen LogP contribution in [0, 0.1) is 5.21 Å². The van der Waals surface area contributed by atoms with Crippen LogP contribution in [-0.2, 0) is 9.47 Å². The van der Waals surface area contributed by atoms with E-state index in [-0.39, 0.29) is 23.9 Å². The molecule has 3 rings (SSSR count). The third kappa shape index (κ3) is 2.48. The van der Waals surface area contributed by atoms with Gasteiger partial charge in [0.2, 0.25) is 0 Å². The maximum absolute atomic E-state index is 12.6. The molecule has 2 aliphatic rings. The van der Waals surface area contributed by atoms with Gasteiger partial charge in [-0.3, -0.25) is 4.79 Å². The zero-order valence-electron chi connectivity index (χ0n) is 11.2. The molecule has 0 saturated carbocycles. The number of aromatic nitrogens is 1. The Bertz CT molecular complexity index is 488. The lowest BCUT2D eigenvalue weighted by Crippen LogP contribution is -2.52. The Kier molecular flexibility index (Phi) is 3.84. The van der Waals surface area contributed by atoms with Crippen molar-refractivity contribution in [2.24, 2.45) is 0 Å². The first-order chi connectivity index (χ1) is 9.77. The molecule has 108 valence electrons. The van der Waals surface area contributed by atoms with E-state index in [9.17, 15) is 10.0 Å². The van der Waals surface area contributed by atoms with Crippen molar-refractivity contribution in [1.82, 2.24) is 4.90 Å². The van der Waals surface area contributed by atoms with Crippen molar-refractivity contribution in [1.29, 1.82) is 0 Å². The van der Waals surface area contributed by atoms with Crippen molar-refractivity contribution >= 4 is 5.91 Å². The quantitative estimate of drug-likeness (QED) is 0.589. The molecule has 20 heavy (non-hydrogen) atoms. The normalized spacial score (nSPS) is 24.0. The summed E-state index contributed by atoms with van der Waals surface area (Å²) in [4.78, 5) is 14.3. The topological polar surface area (TPSA) is 65.7 Å². The summed E-state index contributed by atoms with van der Waals surface area (Å²) in [7, 11) is 0. The van der Waals surface area contributed by atoms with Crippen LogP contribution in [0.1, 0.15) is 29.8 Å². The third-order valence-electron chi connectivity index (χ3n) is 3.82. The van der Waals surface area contributed by atoms with E-state index in [0.29, 0.717) is 24.5 Å². The second-order valence-electron chi connectivity index (χ2n) is 5.08. The third-order valence-corrected chi connectivity index (χ3v) is 3.82. The number of likely N-dealkylation sites (tertiary alicyclic amines) is 1. The van der Waals surface area contributed by atoms with E-state index in [1.54, 1.807) is 23.1 Å². The van der Waals surface area contributed by atoms with Gasteiger partial charge in [-0.05, 0) is 25.3 Å². The van der Waals surface area contributed by atoms with Crippen LogP contribution in [0.4, 0.5) is 0 Å². The van der Waals surface area contributed by atoms with E-state index in [1.807, 2.05) is 0 Å². The first kappa shape index (κ1) is 13.3. The molecule has 0 N–H and O–H groups in total. The van der Waals surface area contributed by atoms with Crippen molar-refractivity contribution in [3.8, 4) is 0 Å². The molecule has 1 atom stereocenters. The van der Waals surface area contributed by atoms with Crippen LogP contribution in [-0.4, -0.2) is 42.9 Å². The number of hydrogen-bond donors (Lipinski definition) is 0. The number of carbonyl (C=O) groups is 1. The molecule has 0 bridgehead atoms. The molecule has 2 fully saturated rings. The summed E-state index contributed by atoms with van der Waals surface area (Å²) < 4.78 is 11.7. The van der Waals surface area contributed by atoms with Gasteiger partial charge in [-0.15, -0.1) is 0 Å². The fourth-order valence-electron chi connectivity index (χ4n) is 2.83. The van der Waals surface area contributed by atoms with E-state index in [4.69, 9.17) is 9.47 Å². The highest BCUT2D eigenvalue weighted by molar-refractivity contribution is 5.91. The molecule has 0 aliphatic carbocycles. The van der Waals surface area contributed by atoms with Crippen LogP contribution in [0.2, 0.25) is 0 Å². The predicted octanol–water partition coefficient (Wildman–Crippen LogP) is 0.688. The minimum absolute atomic E-state index is 0.0982. The van der Waals surface area contributed by atoms with Gasteiger partial charge in [0.15, 0.2) is 12.5 Å². The predicted molar refractivity (Wildman–Crippen MR) is 69.8 cm³/mol. The summed E-state index contributed by atoms with van der Waals surface area (Å²) in [5, 5.41) is 11.7. The Morgan fingerprint density at radius 1 is 1.30 bits per heavy atom. The van der Waals surface area contributed by atoms with Crippen LogP contribution in [0.15, 0.2) is 24.4 Å². The first-order valence-corrected chi connectivity index (χ1v) is 7.00. The second-order valence-corrected chi connectivity index (χ2v) is 5.08. The molecule has 1 unspecified atom stereocenters. The van der Waals surface area contributed by atoms with E-state index in [1.165, 1.54) is 6.20 Å². The smallest absolute Gasteiger partial charge is 0.320 e. The standard InChI is InChI=1S/C14H18N2O4/c17-13(11-5-2-4-8-16(11)18)15-7-3-1-6-12(15)14-19-9-10-20-14/h2,4-5,8,12,14H,1,3,6-7,9-10H2. The summed E-state index contributed by atoms with van der Waals surface area (Å²) in [5.74, 6) is -0.246. The summed E-state index contributed by atoms with van der Waals surface area (Å²) >= 11 is 0. The summed E-state index contributed by atoms with van der Waals surface area (Å²) in [6.07, 6.45) is 3.82. The fourth-order valence-corrected chi connectivity index (χ4v) is 2.83. The zero-order valence-corrected chi connectivity index (χ0v) is 11.2. The molecule has 0 radical (unpaired) electrons. The molecule has 3 heterocycles. The van der Waals surface area contributed by atoms with Gasteiger partial charge >= 0.3 is 5.91 Å². The Hall–Kier alpha value is -1.66. The van der Waals surface area contributed by atoms with Crippen LogP contribution >= 0.6 is 0 Å². The summed E-state index contributed by atoms with van der Waals surface area (Å²) in [5.41, 5.74) is 0.150. The minimum Gasteiger partial charge on any atom is -0.618 e. The highest BCUT2D eigenvalue weighted by Crippen LogP contribution is 2.25. The van der Waals surface area contributed by atoms with Gasteiger partial charge in [0.1, 0.15) is 0 Å². The second kappa shape index (κ2) is 5.76. The van der Waals surface area contributed by atoms with Crippen LogP contribution in [0.25, 0.3) is 0 Å². The van der Waals surface area contributed by atoms with Gasteiger partial charge in [-0.1, -0.05) is 0 Å². The molecule has 1 amide bonds. The maximum atomic E-state index is 12.6. The number of hydrogen-bond acceptors (Lipinski definition) is 4. The Labute approximate surface area is 117 Å². The SMILES string of the molecule is O=C(c1cccc[n+]1[O-])N1CCCCC1C1OCCO1. The highest BCUT2D eigenvalue weighted by Gasteiger charge is 2.38. The van der Waals surface area contributed by atoms with Crippen molar-refractivity contribution < 1.29 is 19.0 Å². The largest absolute Gasteiger partial charge is 0.618 e. The average Bonchev–Trinajstić information content (AvgIpc) is 3.01. The van der Waals surface area contributed by atoms with Crippen molar-refractivity contribution in [2.75, 3.05) is 19.8 Å². The minimum atomic E-state index is -0.358. The lowest BCUT2D eigenvalue weighted by atomic mass is 10.0. The van der Waals surface area contributed by atoms with Gasteiger partial charge in [-0.2, -0.15) is 4.73 Å². The Balaban J connectivity index is 1.82. The first-order valence-electron chi connectivity index (χ1n) is 7.00. The number of pyridine rings is 1. The average molecular weight is 278 g/mol. The number of amides is 1. The van der Waals surface area contributed by atoms with Crippen molar-refractivity contribution in [3.63, 3.8) is 0 Å². The molecule has 1 aromatic rings. The van der Waals surface area contributed by atoms with E-state index in [0.717, 1.165) is 19.3 Å². The molecule has 0 aromatic carbocycles. The molecule has 2 aliphatic heterocycles. The molecule has 0 spiro atoms. The number of ether oxygens (including phenoxy) is 2. The fraction of sp³-hybridized carbons (Fsp3) is 0.571. The van der Waals surface area contributed by atoms with Crippen LogP contribution in [0.3, 0.4) is 0 Å². The van der Waals surface area contributed by atoms with Gasteiger partial charge in [-0.25, -0.2) is 0 Å². The number of rotatable bonds is 2. The highest BCUT2D eigenvalue weighted by atomic mass is 16.7. The van der Waals surface area contributed by atoms with Gasteiger partial charge in [0.25, 0.3) is 5.69 Å². The monoisotopic (exact) mass is 278 g/mol. The van der Waals surface area contributed by atoms with E-state index >= 15 is 0 Å². The molecule has 6 nitrogen and oxygen atoms in total. The molecule has 6 heteroatoms. The summed E-state index contributed by atoms with van der Waals surface area (Å²) in [6.45, 7) is 1.77. The van der Waals surface area contributed by atoms with Gasteiger partial charge < -0.3 is 19.6 Å². The number of carbonyl (C=O) groups excluding carboxylic acids is 1. The number of piperidine rings is 1. The van der Waals surface area contributed by atoms with Crippen LogP contribution < -0.4 is 4.73 Å². The maximum Gasteiger partial charge on any atom is 0.320 e. The van der Waals surface area contributed by atoms with Gasteiger partial charge in [0, 0.05) is 18.7 Å². The Morgan fingerprint density at radius 2 is 2.10 bits per heavy atom. The lowest BCUT2D eigenvalue weighted by molar-refractivity contribution is -0.608.